The van der Waals surface area contributed by atoms with Gasteiger partial charge in [0, 0.05) is 0 Å². The number of hydrogen-bond acceptors (Lipinski definition) is 3. The second-order valence-electron chi connectivity index (χ2n) is 3.75. The first-order valence-electron chi connectivity index (χ1n) is 3.77. The monoisotopic (exact) mass is 188 g/mol. The molecule has 0 saturated heterocycles. The highest BCUT2D eigenvalue weighted by molar-refractivity contribution is 7.71. The van der Waals surface area contributed by atoms with Gasteiger partial charge in [-0.15, -0.1) is 0 Å². The van der Waals surface area contributed by atoms with E-state index in [1.165, 1.54) is 0 Å². The van der Waals surface area contributed by atoms with Gasteiger partial charge in [0.15, 0.2) is 0 Å². The molecule has 1 rings (SSSR count). The van der Waals surface area contributed by atoms with E-state index in [0.29, 0.717) is 4.77 Å². The van der Waals surface area contributed by atoms with E-state index >= 15 is 0 Å². The van der Waals surface area contributed by atoms with Crippen LogP contribution in [-0.4, -0.2) is 52.4 Å². The normalized spacial score (nSPS) is 11.9. The van der Waals surface area contributed by atoms with Gasteiger partial charge >= 0.3 is 0 Å². The number of hydrogen-bond donors (Lipinski definition) is 1. The molecule has 0 atom stereocenters. The predicted molar refractivity (Wildman–Crippen MR) is 48.1 cm³/mol. The number of aromatic nitrogens is 4. The van der Waals surface area contributed by atoms with Crippen LogP contribution in [-0.2, 0) is 6.54 Å². The molecule has 0 aliphatic heterocycles. The summed E-state index contributed by atoms with van der Waals surface area (Å²) in [5.41, 5.74) is 0. The van der Waals surface area contributed by atoms with Crippen LogP contribution in [0.1, 0.15) is 0 Å². The Morgan fingerprint density at radius 3 is 2.58 bits per heavy atom. The standard InChI is InChI=1S/C6H13N5S/c1-11(2,3)5-4-10-6(12)7-8-9-10/h4-5H2,1-3H3/p+1. The lowest BCUT2D eigenvalue weighted by Gasteiger charge is -2.23. The lowest BCUT2D eigenvalue weighted by atomic mass is 10.5. The third-order valence-electron chi connectivity index (χ3n) is 1.53. The fraction of sp³-hybridized carbons (Fsp3) is 0.833. The average molecular weight is 188 g/mol. The summed E-state index contributed by atoms with van der Waals surface area (Å²) in [5, 5.41) is 10.0. The average Bonchev–Trinajstić information content (AvgIpc) is 2.29. The summed E-state index contributed by atoms with van der Waals surface area (Å²) in [7, 11) is 6.40. The van der Waals surface area contributed by atoms with Crippen LogP contribution in [0.3, 0.4) is 0 Å². The SMILES string of the molecule is C[N+](C)(C)CCn1[nH]nnc1=S. The Morgan fingerprint density at radius 2 is 2.17 bits per heavy atom. The summed E-state index contributed by atoms with van der Waals surface area (Å²) in [6.45, 7) is 1.83. The molecule has 6 heteroatoms. The van der Waals surface area contributed by atoms with E-state index in [1.54, 1.807) is 4.68 Å². The number of quaternary nitrogens is 1. The smallest absolute Gasteiger partial charge is 0.238 e. The van der Waals surface area contributed by atoms with Gasteiger partial charge in [-0.25, -0.2) is 4.68 Å². The van der Waals surface area contributed by atoms with Gasteiger partial charge in [-0.1, -0.05) is 10.3 Å². The molecule has 0 bridgehead atoms. The third kappa shape index (κ3) is 2.71. The van der Waals surface area contributed by atoms with E-state index in [4.69, 9.17) is 12.2 Å². The van der Waals surface area contributed by atoms with Crippen molar-refractivity contribution in [2.24, 2.45) is 0 Å². The van der Waals surface area contributed by atoms with Gasteiger partial charge in [0.2, 0.25) is 4.77 Å². The summed E-state index contributed by atoms with van der Waals surface area (Å²) >= 11 is 4.92. The molecule has 1 heterocycles. The van der Waals surface area contributed by atoms with Crippen molar-refractivity contribution in [1.82, 2.24) is 20.2 Å². The molecule has 0 aromatic carbocycles. The number of rotatable bonds is 3. The maximum absolute atomic E-state index is 4.92. The van der Waals surface area contributed by atoms with E-state index in [2.05, 4.69) is 36.7 Å². The van der Waals surface area contributed by atoms with Crippen molar-refractivity contribution in [3.05, 3.63) is 4.77 Å². The topological polar surface area (TPSA) is 46.5 Å². The first-order chi connectivity index (χ1) is 5.49. The van der Waals surface area contributed by atoms with Gasteiger partial charge < -0.3 is 4.48 Å². The zero-order valence-electron chi connectivity index (χ0n) is 7.61. The van der Waals surface area contributed by atoms with Crippen LogP contribution in [0.4, 0.5) is 0 Å². The van der Waals surface area contributed by atoms with Crippen LogP contribution < -0.4 is 0 Å². The van der Waals surface area contributed by atoms with Crippen LogP contribution in [0.25, 0.3) is 0 Å². The molecular formula is C6H14N5S+. The molecule has 1 aromatic rings. The molecule has 1 aromatic heterocycles. The maximum atomic E-state index is 4.92. The lowest BCUT2D eigenvalue weighted by Crippen LogP contribution is -2.37. The fourth-order valence-corrected chi connectivity index (χ4v) is 0.934. The molecule has 0 aliphatic carbocycles. The molecule has 12 heavy (non-hydrogen) atoms. The van der Waals surface area contributed by atoms with Crippen molar-refractivity contribution in [3.63, 3.8) is 0 Å². The van der Waals surface area contributed by atoms with Crippen molar-refractivity contribution in [3.8, 4) is 0 Å². The molecule has 0 saturated carbocycles. The Bertz CT molecular complexity index is 293. The summed E-state index contributed by atoms with van der Waals surface area (Å²) in [6, 6.07) is 0. The minimum absolute atomic E-state index is 0.517. The predicted octanol–water partition coefficient (Wildman–Crippen LogP) is 0.0419. The van der Waals surface area contributed by atoms with Gasteiger partial charge in [0.1, 0.15) is 0 Å². The van der Waals surface area contributed by atoms with Gasteiger partial charge in [0.25, 0.3) is 0 Å². The van der Waals surface area contributed by atoms with Crippen molar-refractivity contribution in [2.75, 3.05) is 27.7 Å². The van der Waals surface area contributed by atoms with Crippen molar-refractivity contribution in [1.29, 1.82) is 0 Å². The van der Waals surface area contributed by atoms with Gasteiger partial charge in [-0.05, 0) is 12.2 Å². The quantitative estimate of drug-likeness (QED) is 0.538. The van der Waals surface area contributed by atoms with Crippen LogP contribution in [0, 0.1) is 4.77 Å². The Hall–Kier alpha value is -0.750. The zero-order chi connectivity index (χ0) is 9.19. The number of nitrogens with zero attached hydrogens (tertiary/aromatic N) is 4. The van der Waals surface area contributed by atoms with Crippen LogP contribution >= 0.6 is 12.2 Å². The number of aromatic amines is 1. The van der Waals surface area contributed by atoms with E-state index < -0.39 is 0 Å². The highest BCUT2D eigenvalue weighted by Gasteiger charge is 2.07. The zero-order valence-corrected chi connectivity index (χ0v) is 8.43. The van der Waals surface area contributed by atoms with Gasteiger partial charge in [-0.2, -0.15) is 5.21 Å². The van der Waals surface area contributed by atoms with Crippen molar-refractivity contribution < 1.29 is 4.48 Å². The molecule has 0 unspecified atom stereocenters. The second kappa shape index (κ2) is 3.32. The number of likely N-dealkylation sites (N-methyl/N-ethyl adjacent to an activating group) is 1. The molecule has 5 nitrogen and oxygen atoms in total. The number of tetrazole rings is 1. The number of nitrogens with one attached hydrogen (secondary N) is 1. The van der Waals surface area contributed by atoms with Crippen LogP contribution in [0.2, 0.25) is 0 Å². The minimum atomic E-state index is 0.517. The Balaban J connectivity index is 2.55. The van der Waals surface area contributed by atoms with Crippen molar-refractivity contribution in [2.45, 2.75) is 6.54 Å². The minimum Gasteiger partial charge on any atom is -0.329 e. The first-order valence-corrected chi connectivity index (χ1v) is 4.18. The molecule has 0 spiro atoms. The Morgan fingerprint density at radius 1 is 1.50 bits per heavy atom. The molecule has 1 N–H and O–H groups in total. The molecular weight excluding hydrogens is 174 g/mol. The maximum Gasteiger partial charge on any atom is 0.238 e. The molecule has 0 fully saturated rings. The van der Waals surface area contributed by atoms with Crippen LogP contribution in [0.15, 0.2) is 0 Å². The molecule has 68 valence electrons. The third-order valence-corrected chi connectivity index (χ3v) is 1.83. The Kier molecular flexibility index (Phi) is 2.58. The van der Waals surface area contributed by atoms with Gasteiger partial charge in [-0.3, -0.25) is 0 Å². The molecule has 0 amide bonds. The van der Waals surface area contributed by atoms with Crippen molar-refractivity contribution >= 4 is 12.2 Å². The molecule has 0 aliphatic rings. The summed E-state index contributed by atoms with van der Waals surface area (Å²) in [5.74, 6) is 0. The summed E-state index contributed by atoms with van der Waals surface area (Å²) in [4.78, 5) is 0. The second-order valence-corrected chi connectivity index (χ2v) is 4.11. The van der Waals surface area contributed by atoms with Crippen LogP contribution in [0.5, 0.6) is 0 Å². The fourth-order valence-electron chi connectivity index (χ4n) is 0.762. The van der Waals surface area contributed by atoms with E-state index in [1.807, 2.05) is 0 Å². The largest absolute Gasteiger partial charge is 0.329 e. The summed E-state index contributed by atoms with van der Waals surface area (Å²) in [6.07, 6.45) is 0. The van der Waals surface area contributed by atoms with E-state index in [9.17, 15) is 0 Å². The summed E-state index contributed by atoms with van der Waals surface area (Å²) < 4.78 is 3.18. The number of H-pyrrole nitrogens is 1. The Labute approximate surface area is 76.6 Å². The van der Waals surface area contributed by atoms with E-state index in [0.717, 1.165) is 17.6 Å². The molecule has 0 radical (unpaired) electrons. The first kappa shape index (κ1) is 9.34. The highest BCUT2D eigenvalue weighted by atomic mass is 32.1. The lowest BCUT2D eigenvalue weighted by molar-refractivity contribution is -0.871. The highest BCUT2D eigenvalue weighted by Crippen LogP contribution is 1.91. The van der Waals surface area contributed by atoms with E-state index in [-0.39, 0.29) is 0 Å². The van der Waals surface area contributed by atoms with Gasteiger partial charge in [0.05, 0.1) is 34.2 Å².